The number of aromatic amines is 2. The van der Waals surface area contributed by atoms with Crippen molar-refractivity contribution in [1.29, 1.82) is 0 Å². The molecule has 4 N–H and O–H groups in total. The van der Waals surface area contributed by atoms with E-state index in [-0.39, 0.29) is 21.6 Å². The van der Waals surface area contributed by atoms with Crippen molar-refractivity contribution >= 4 is 23.9 Å². The average molecular weight is 448 g/mol. The highest BCUT2D eigenvalue weighted by Crippen LogP contribution is 2.39. The van der Waals surface area contributed by atoms with Gasteiger partial charge in [0.1, 0.15) is 5.75 Å². The molecular weight excluding hydrogens is 418 g/mol. The predicted octanol–water partition coefficient (Wildman–Crippen LogP) is 2.39. The molecule has 0 spiro atoms. The summed E-state index contributed by atoms with van der Waals surface area (Å²) in [5, 5.41) is 19.9. The number of benzene rings is 1. The first kappa shape index (κ1) is 24.4. The largest absolute Gasteiger partial charge is 0.507 e. The second-order valence-electron chi connectivity index (χ2n) is 9.27. The van der Waals surface area contributed by atoms with Crippen LogP contribution in [0, 0.1) is 0 Å². The topological polar surface area (TPSA) is 140 Å². The van der Waals surface area contributed by atoms with Gasteiger partial charge in [-0.1, -0.05) is 53.3 Å². The van der Waals surface area contributed by atoms with Crippen LogP contribution in [-0.2, 0) is 15.6 Å². The van der Waals surface area contributed by atoms with E-state index in [0.29, 0.717) is 0 Å². The van der Waals surface area contributed by atoms with Gasteiger partial charge in [0.05, 0.1) is 11.5 Å². The van der Waals surface area contributed by atoms with Gasteiger partial charge in [-0.15, -0.1) is 0 Å². The Morgan fingerprint density at radius 1 is 1.16 bits per heavy atom. The minimum Gasteiger partial charge on any atom is -0.507 e. The summed E-state index contributed by atoms with van der Waals surface area (Å²) in [5.74, 6) is -0.163. The second kappa shape index (κ2) is 9.09. The Morgan fingerprint density at radius 2 is 1.71 bits per heavy atom. The molecule has 1 unspecified atom stereocenters. The smallest absolute Gasteiger partial charge is 0.342 e. The van der Waals surface area contributed by atoms with E-state index >= 15 is 0 Å². The number of phenolic OH excluding ortho intramolecular Hbond substituents is 1. The van der Waals surface area contributed by atoms with Crippen molar-refractivity contribution in [3.8, 4) is 5.75 Å². The number of nitrogens with one attached hydrogen (secondary N) is 3. The summed E-state index contributed by atoms with van der Waals surface area (Å²) < 4.78 is 0. The van der Waals surface area contributed by atoms with Gasteiger partial charge in [-0.2, -0.15) is 10.2 Å². The third kappa shape index (κ3) is 6.30. The molecule has 0 bridgehead atoms. The molecule has 2 aromatic rings. The Hall–Kier alpha value is -2.88. The number of nitrogens with zero attached hydrogens (tertiary/aromatic N) is 2. The monoisotopic (exact) mass is 447 g/mol. The number of amides is 1. The molecule has 10 heteroatoms. The number of hydrazone groups is 1. The number of carbonyl (C=O) groups is 1. The lowest BCUT2D eigenvalue weighted by molar-refractivity contribution is -0.120. The van der Waals surface area contributed by atoms with Gasteiger partial charge in [-0.25, -0.2) is 15.3 Å². The molecule has 0 aliphatic carbocycles. The van der Waals surface area contributed by atoms with Crippen LogP contribution in [0.2, 0.25) is 0 Å². The molecule has 31 heavy (non-hydrogen) atoms. The number of thioether (sulfide) groups is 1. The first-order valence-electron chi connectivity index (χ1n) is 9.76. The van der Waals surface area contributed by atoms with Gasteiger partial charge in [0, 0.05) is 11.1 Å². The Bertz CT molecular complexity index is 1070. The maximum atomic E-state index is 12.3. The van der Waals surface area contributed by atoms with E-state index in [1.165, 1.54) is 6.21 Å². The van der Waals surface area contributed by atoms with E-state index in [1.807, 2.05) is 53.7 Å². The zero-order valence-electron chi connectivity index (χ0n) is 18.8. The van der Waals surface area contributed by atoms with Crippen molar-refractivity contribution in [2.24, 2.45) is 5.10 Å². The summed E-state index contributed by atoms with van der Waals surface area (Å²) in [5.41, 5.74) is 2.84. The zero-order valence-corrected chi connectivity index (χ0v) is 19.6. The second-order valence-corrected chi connectivity index (χ2v) is 10.6. The molecule has 0 fully saturated rings. The fraction of sp³-hybridized carbons (Fsp3) is 0.476. The molecule has 2 rings (SSSR count). The van der Waals surface area contributed by atoms with Crippen molar-refractivity contribution in [1.82, 2.24) is 20.6 Å². The Balaban J connectivity index is 2.20. The highest BCUT2D eigenvalue weighted by Gasteiger charge is 2.26. The van der Waals surface area contributed by atoms with Crippen molar-refractivity contribution in [3.05, 3.63) is 49.7 Å². The minimum atomic E-state index is -0.714. The van der Waals surface area contributed by atoms with Crippen LogP contribution in [-0.4, -0.2) is 37.7 Å². The lowest BCUT2D eigenvalue weighted by Crippen LogP contribution is -2.30. The lowest BCUT2D eigenvalue weighted by atomic mass is 9.78. The van der Waals surface area contributed by atoms with Gasteiger partial charge >= 0.3 is 5.69 Å². The van der Waals surface area contributed by atoms with Crippen LogP contribution in [0.25, 0.3) is 0 Å². The fourth-order valence-electron chi connectivity index (χ4n) is 2.77. The van der Waals surface area contributed by atoms with Gasteiger partial charge in [0.15, 0.2) is 5.03 Å². The third-order valence-electron chi connectivity index (χ3n) is 4.47. The molecule has 0 radical (unpaired) electrons. The predicted molar refractivity (Wildman–Crippen MR) is 122 cm³/mol. The van der Waals surface area contributed by atoms with Crippen molar-refractivity contribution < 1.29 is 9.90 Å². The summed E-state index contributed by atoms with van der Waals surface area (Å²) in [6.45, 7) is 13.7. The van der Waals surface area contributed by atoms with Crippen LogP contribution in [0.15, 0.2) is 31.8 Å². The normalized spacial score (nSPS) is 13.4. The van der Waals surface area contributed by atoms with Gasteiger partial charge < -0.3 is 5.11 Å². The molecule has 9 nitrogen and oxygen atoms in total. The van der Waals surface area contributed by atoms with Crippen LogP contribution in [0.1, 0.15) is 65.2 Å². The Morgan fingerprint density at radius 3 is 2.19 bits per heavy atom. The summed E-state index contributed by atoms with van der Waals surface area (Å²) in [4.78, 5) is 37.1. The molecule has 1 amide bonds. The number of aromatic nitrogens is 3. The first-order valence-corrected chi connectivity index (χ1v) is 10.6. The molecule has 0 aliphatic heterocycles. The van der Waals surface area contributed by atoms with E-state index in [9.17, 15) is 19.5 Å². The number of H-pyrrole nitrogens is 2. The van der Waals surface area contributed by atoms with E-state index in [4.69, 9.17) is 0 Å². The number of phenols is 1. The fourth-order valence-corrected chi connectivity index (χ4v) is 3.52. The lowest BCUT2D eigenvalue weighted by Gasteiger charge is -2.27. The molecule has 1 atom stereocenters. The summed E-state index contributed by atoms with van der Waals surface area (Å²) in [7, 11) is 0. The zero-order chi connectivity index (χ0) is 23.6. The van der Waals surface area contributed by atoms with Crippen LogP contribution in [0.3, 0.4) is 0 Å². The van der Waals surface area contributed by atoms with E-state index in [2.05, 4.69) is 25.7 Å². The number of aromatic hydroxyl groups is 1. The number of hydrogen-bond donors (Lipinski definition) is 4. The molecule has 1 aromatic carbocycles. The van der Waals surface area contributed by atoms with E-state index in [0.717, 1.165) is 28.5 Å². The Labute approximate surface area is 184 Å². The maximum absolute atomic E-state index is 12.3. The third-order valence-corrected chi connectivity index (χ3v) is 5.54. The van der Waals surface area contributed by atoms with Gasteiger partial charge in [0.25, 0.3) is 11.5 Å². The molecule has 0 saturated heterocycles. The van der Waals surface area contributed by atoms with Crippen LogP contribution < -0.4 is 16.7 Å². The van der Waals surface area contributed by atoms with Crippen molar-refractivity contribution in [2.45, 2.75) is 69.6 Å². The van der Waals surface area contributed by atoms with Gasteiger partial charge in [0.2, 0.25) is 0 Å². The van der Waals surface area contributed by atoms with Crippen molar-refractivity contribution in [2.75, 3.05) is 0 Å². The van der Waals surface area contributed by atoms with E-state index < -0.39 is 22.4 Å². The molecule has 0 saturated carbocycles. The minimum absolute atomic E-state index is 0.0191. The van der Waals surface area contributed by atoms with Crippen LogP contribution in [0.4, 0.5) is 0 Å². The van der Waals surface area contributed by atoms with Crippen LogP contribution in [0.5, 0.6) is 5.75 Å². The number of hydrogen-bond acceptors (Lipinski definition) is 7. The highest BCUT2D eigenvalue weighted by atomic mass is 32.2. The SMILES string of the molecule is CC(Sc1n[nH]c(=O)[nH]c1=O)C(=O)N/N=C/c1cc(C(C)(C)C)c(O)c(C(C)(C)C)c1. The molecular formula is C21H29N5O4S. The quantitative estimate of drug-likeness (QED) is 0.315. The maximum Gasteiger partial charge on any atom is 0.342 e. The van der Waals surface area contributed by atoms with Crippen LogP contribution >= 0.6 is 11.8 Å². The summed E-state index contributed by atoms with van der Waals surface area (Å²) in [6.07, 6.45) is 1.52. The molecule has 1 heterocycles. The number of rotatable bonds is 5. The first-order chi connectivity index (χ1) is 14.2. The van der Waals surface area contributed by atoms with Gasteiger partial charge in [-0.05, 0) is 35.4 Å². The Kier molecular flexibility index (Phi) is 7.15. The highest BCUT2D eigenvalue weighted by molar-refractivity contribution is 8.00. The molecule has 168 valence electrons. The molecule has 1 aromatic heterocycles. The van der Waals surface area contributed by atoms with Crippen molar-refractivity contribution in [3.63, 3.8) is 0 Å². The summed E-state index contributed by atoms with van der Waals surface area (Å²) >= 11 is 0.903. The van der Waals surface area contributed by atoms with Gasteiger partial charge in [-0.3, -0.25) is 14.6 Å². The van der Waals surface area contributed by atoms with E-state index in [1.54, 1.807) is 6.92 Å². The average Bonchev–Trinajstić information content (AvgIpc) is 2.63. The standard InChI is InChI=1S/C21H29N5O4S/c1-11(31-18-17(29)23-19(30)26-25-18)16(28)24-22-10-12-8-13(20(2,3)4)15(27)14(9-12)21(5,6)7/h8-11,27H,1-7H3,(H,24,28)(H2,23,26,29,30)/b22-10+. The summed E-state index contributed by atoms with van der Waals surface area (Å²) in [6, 6.07) is 3.70. The molecule has 0 aliphatic rings. The number of carbonyl (C=O) groups excluding carboxylic acids is 1.